The lowest BCUT2D eigenvalue weighted by Gasteiger charge is -2.38. The van der Waals surface area contributed by atoms with E-state index >= 15 is 0 Å². The van der Waals surface area contributed by atoms with Gasteiger partial charge in [0.05, 0.1) is 12.5 Å². The van der Waals surface area contributed by atoms with Gasteiger partial charge in [0.15, 0.2) is 0 Å². The number of hydrogen-bond acceptors (Lipinski definition) is 3. The molecule has 0 saturated carbocycles. The molecule has 1 aromatic rings. The predicted molar refractivity (Wildman–Crippen MR) is 81.2 cm³/mol. The average Bonchev–Trinajstić information content (AvgIpc) is 2.54. The van der Waals surface area contributed by atoms with Crippen molar-refractivity contribution in [3.05, 3.63) is 24.3 Å². The molecule has 1 heterocycles. The van der Waals surface area contributed by atoms with Crippen LogP contribution in [-0.2, 0) is 4.79 Å². The molecule has 1 saturated heterocycles. The van der Waals surface area contributed by atoms with Gasteiger partial charge in [0.2, 0.25) is 5.91 Å². The van der Waals surface area contributed by atoms with Gasteiger partial charge in [0.25, 0.3) is 0 Å². The van der Waals surface area contributed by atoms with Crippen molar-refractivity contribution in [1.29, 1.82) is 0 Å². The van der Waals surface area contributed by atoms with E-state index in [1.807, 2.05) is 31.3 Å². The van der Waals surface area contributed by atoms with Crippen molar-refractivity contribution in [2.45, 2.75) is 26.2 Å². The van der Waals surface area contributed by atoms with E-state index in [9.17, 15) is 4.79 Å². The van der Waals surface area contributed by atoms with Crippen molar-refractivity contribution in [3.63, 3.8) is 0 Å². The Kier molecular flexibility index (Phi) is 4.65. The lowest BCUT2D eigenvalue weighted by atomic mass is 9.75. The third-order valence-corrected chi connectivity index (χ3v) is 4.44. The molecule has 20 heavy (non-hydrogen) atoms. The molecule has 1 aliphatic heterocycles. The van der Waals surface area contributed by atoms with Crippen LogP contribution in [0.15, 0.2) is 24.3 Å². The lowest BCUT2D eigenvalue weighted by Crippen LogP contribution is -2.48. The standard InChI is InChI=1S/C16H24N2O2/c1-4-16(8-10-17-11-9-16)15(19)18(2)13-6-5-7-14(12-13)20-3/h5-7,12,17H,4,8-11H2,1-3H3. The number of nitrogens with one attached hydrogen (secondary N) is 1. The summed E-state index contributed by atoms with van der Waals surface area (Å²) in [5.74, 6) is 0.993. The van der Waals surface area contributed by atoms with Crippen LogP contribution in [0.25, 0.3) is 0 Å². The number of methoxy groups -OCH3 is 1. The minimum absolute atomic E-state index is 0.217. The summed E-state index contributed by atoms with van der Waals surface area (Å²) in [5, 5.41) is 3.33. The van der Waals surface area contributed by atoms with Crippen LogP contribution in [0.1, 0.15) is 26.2 Å². The van der Waals surface area contributed by atoms with Gasteiger partial charge in [-0.3, -0.25) is 4.79 Å². The number of hydrogen-bond donors (Lipinski definition) is 1. The first kappa shape index (κ1) is 14.9. The van der Waals surface area contributed by atoms with Crippen molar-refractivity contribution < 1.29 is 9.53 Å². The smallest absolute Gasteiger partial charge is 0.233 e. The van der Waals surface area contributed by atoms with Crippen LogP contribution in [0, 0.1) is 5.41 Å². The van der Waals surface area contributed by atoms with Gasteiger partial charge in [0, 0.05) is 18.8 Å². The Balaban J connectivity index is 2.22. The Morgan fingerprint density at radius 1 is 1.40 bits per heavy atom. The molecule has 0 aliphatic carbocycles. The first-order valence-corrected chi connectivity index (χ1v) is 7.26. The molecule has 1 fully saturated rings. The summed E-state index contributed by atoms with van der Waals surface area (Å²) in [6.45, 7) is 3.96. The fourth-order valence-electron chi connectivity index (χ4n) is 2.92. The zero-order valence-corrected chi connectivity index (χ0v) is 12.6. The second kappa shape index (κ2) is 6.27. The zero-order valence-electron chi connectivity index (χ0n) is 12.6. The number of rotatable bonds is 4. The maximum Gasteiger partial charge on any atom is 0.233 e. The number of ether oxygens (including phenoxy) is 1. The summed E-state index contributed by atoms with van der Waals surface area (Å²) >= 11 is 0. The number of amides is 1. The Hall–Kier alpha value is -1.55. The van der Waals surface area contributed by atoms with Crippen LogP contribution in [0.2, 0.25) is 0 Å². The normalized spacial score (nSPS) is 17.6. The van der Waals surface area contributed by atoms with Gasteiger partial charge in [0.1, 0.15) is 5.75 Å². The van der Waals surface area contributed by atoms with Crippen LogP contribution in [-0.4, -0.2) is 33.2 Å². The van der Waals surface area contributed by atoms with E-state index in [1.165, 1.54) is 0 Å². The van der Waals surface area contributed by atoms with E-state index in [0.29, 0.717) is 0 Å². The minimum Gasteiger partial charge on any atom is -0.497 e. The summed E-state index contributed by atoms with van der Waals surface area (Å²) in [6, 6.07) is 7.66. The summed E-state index contributed by atoms with van der Waals surface area (Å²) in [6.07, 6.45) is 2.72. The monoisotopic (exact) mass is 276 g/mol. The Labute approximate surface area is 121 Å². The molecule has 1 N–H and O–H groups in total. The number of anilines is 1. The second-order valence-electron chi connectivity index (χ2n) is 5.45. The summed E-state index contributed by atoms with van der Waals surface area (Å²) in [4.78, 5) is 14.7. The van der Waals surface area contributed by atoms with E-state index in [1.54, 1.807) is 12.0 Å². The number of carbonyl (C=O) groups is 1. The van der Waals surface area contributed by atoms with Gasteiger partial charge in [-0.05, 0) is 44.5 Å². The molecule has 4 nitrogen and oxygen atoms in total. The molecule has 0 unspecified atom stereocenters. The van der Waals surface area contributed by atoms with Gasteiger partial charge in [-0.25, -0.2) is 0 Å². The second-order valence-corrected chi connectivity index (χ2v) is 5.45. The fourth-order valence-corrected chi connectivity index (χ4v) is 2.92. The van der Waals surface area contributed by atoms with Gasteiger partial charge < -0.3 is 15.0 Å². The van der Waals surface area contributed by atoms with E-state index in [2.05, 4.69) is 12.2 Å². The highest BCUT2D eigenvalue weighted by Crippen LogP contribution is 2.36. The number of carbonyl (C=O) groups excluding carboxylic acids is 1. The summed E-state index contributed by atoms with van der Waals surface area (Å²) in [7, 11) is 3.50. The Bertz CT molecular complexity index is 467. The molecule has 0 bridgehead atoms. The molecular formula is C16H24N2O2. The summed E-state index contributed by atoms with van der Waals surface area (Å²) < 4.78 is 5.23. The van der Waals surface area contributed by atoms with E-state index in [-0.39, 0.29) is 11.3 Å². The van der Waals surface area contributed by atoms with Crippen LogP contribution in [0.4, 0.5) is 5.69 Å². The first-order chi connectivity index (χ1) is 9.63. The van der Waals surface area contributed by atoms with Crippen molar-refractivity contribution >= 4 is 11.6 Å². The van der Waals surface area contributed by atoms with Crippen molar-refractivity contribution in [2.24, 2.45) is 5.41 Å². The third-order valence-electron chi connectivity index (χ3n) is 4.44. The molecule has 1 aromatic carbocycles. The summed E-state index contributed by atoms with van der Waals surface area (Å²) in [5.41, 5.74) is 0.670. The highest BCUT2D eigenvalue weighted by molar-refractivity contribution is 5.97. The van der Waals surface area contributed by atoms with E-state index in [4.69, 9.17) is 4.74 Å². The third kappa shape index (κ3) is 2.80. The van der Waals surface area contributed by atoms with E-state index in [0.717, 1.165) is 43.8 Å². The Morgan fingerprint density at radius 3 is 2.70 bits per heavy atom. The van der Waals surface area contributed by atoms with Crippen LogP contribution in [0.3, 0.4) is 0 Å². The molecule has 0 aromatic heterocycles. The van der Waals surface area contributed by atoms with E-state index < -0.39 is 0 Å². The molecular weight excluding hydrogens is 252 g/mol. The van der Waals surface area contributed by atoms with Crippen LogP contribution in [0.5, 0.6) is 5.75 Å². The largest absolute Gasteiger partial charge is 0.497 e. The first-order valence-electron chi connectivity index (χ1n) is 7.26. The quantitative estimate of drug-likeness (QED) is 0.918. The Morgan fingerprint density at radius 2 is 2.10 bits per heavy atom. The zero-order chi connectivity index (χ0) is 14.6. The predicted octanol–water partition coefficient (Wildman–Crippen LogP) is 2.44. The molecule has 1 aliphatic rings. The van der Waals surface area contributed by atoms with Crippen LogP contribution >= 0.6 is 0 Å². The highest BCUT2D eigenvalue weighted by Gasteiger charge is 2.39. The van der Waals surface area contributed by atoms with Gasteiger partial charge in [-0.15, -0.1) is 0 Å². The molecule has 110 valence electrons. The molecule has 0 atom stereocenters. The maximum atomic E-state index is 12.9. The van der Waals surface area contributed by atoms with Crippen molar-refractivity contribution in [2.75, 3.05) is 32.1 Å². The number of nitrogens with zero attached hydrogens (tertiary/aromatic N) is 1. The van der Waals surface area contributed by atoms with Gasteiger partial charge >= 0.3 is 0 Å². The fraction of sp³-hybridized carbons (Fsp3) is 0.562. The average molecular weight is 276 g/mol. The minimum atomic E-state index is -0.219. The number of piperidine rings is 1. The molecule has 2 rings (SSSR count). The van der Waals surface area contributed by atoms with Gasteiger partial charge in [-0.1, -0.05) is 13.0 Å². The molecule has 4 heteroatoms. The molecule has 1 amide bonds. The lowest BCUT2D eigenvalue weighted by molar-refractivity contribution is -0.129. The topological polar surface area (TPSA) is 41.6 Å². The number of benzene rings is 1. The van der Waals surface area contributed by atoms with Crippen molar-refractivity contribution in [3.8, 4) is 5.75 Å². The SMILES string of the molecule is CCC1(C(=O)N(C)c2cccc(OC)c2)CCNCC1. The maximum absolute atomic E-state index is 12.9. The van der Waals surface area contributed by atoms with Crippen LogP contribution < -0.4 is 15.0 Å². The van der Waals surface area contributed by atoms with Gasteiger partial charge in [-0.2, -0.15) is 0 Å². The highest BCUT2D eigenvalue weighted by atomic mass is 16.5. The molecule has 0 spiro atoms. The van der Waals surface area contributed by atoms with Crippen molar-refractivity contribution in [1.82, 2.24) is 5.32 Å². The molecule has 0 radical (unpaired) electrons.